The van der Waals surface area contributed by atoms with Crippen molar-refractivity contribution < 1.29 is 4.79 Å². The number of H-pyrrole nitrogens is 4. The van der Waals surface area contributed by atoms with Crippen LogP contribution in [0.25, 0.3) is 44.1 Å². The molecule has 0 saturated heterocycles. The van der Waals surface area contributed by atoms with E-state index in [1.165, 1.54) is 0 Å². The molecule has 12 rings (SSSR count). The number of nitrogens with one attached hydrogen (secondary N) is 5. The highest BCUT2D eigenvalue weighted by atomic mass is 16.1. The summed E-state index contributed by atoms with van der Waals surface area (Å²) in [7, 11) is 0. The van der Waals surface area contributed by atoms with Gasteiger partial charge in [-0.05, 0) is 121 Å². The molecule has 0 aliphatic carbocycles. The minimum Gasteiger partial charge on any atom is -0.354 e. The highest BCUT2D eigenvalue weighted by Crippen LogP contribution is 2.30. The van der Waals surface area contributed by atoms with Crippen LogP contribution in [0.4, 0.5) is 5.69 Å². The average Bonchev–Trinajstić information content (AvgIpc) is 4.21. The molecule has 5 N–H and O–H groups in total. The molecule has 0 radical (unpaired) electrons. The van der Waals surface area contributed by atoms with Gasteiger partial charge in [0.25, 0.3) is 5.91 Å². The number of para-hydroxylation sites is 2. The van der Waals surface area contributed by atoms with E-state index in [1.54, 1.807) is 0 Å². The van der Waals surface area contributed by atoms with E-state index >= 15 is 0 Å². The number of nitrogens with zero attached hydrogens (tertiary/aromatic N) is 3. The van der Waals surface area contributed by atoms with Gasteiger partial charge in [0.1, 0.15) is 0 Å². The second kappa shape index (κ2) is 15.9. The Morgan fingerprint density at radius 1 is 0.424 bits per heavy atom. The lowest BCUT2D eigenvalue weighted by Gasteiger charge is -2.11. The van der Waals surface area contributed by atoms with Gasteiger partial charge in [-0.2, -0.15) is 0 Å². The summed E-state index contributed by atoms with van der Waals surface area (Å²) in [5.74, 6) is -0.165. The first kappa shape index (κ1) is 38.6. The molecule has 8 heterocycles. The van der Waals surface area contributed by atoms with Crippen LogP contribution in [0.2, 0.25) is 0 Å². The highest BCUT2D eigenvalue weighted by Gasteiger charge is 2.20. The minimum atomic E-state index is -0.165. The molecule has 0 saturated carbocycles. The van der Waals surface area contributed by atoms with Crippen molar-refractivity contribution in [2.45, 2.75) is 6.92 Å². The van der Waals surface area contributed by atoms with E-state index < -0.39 is 0 Å². The molecule has 1 aliphatic heterocycles. The molecule has 9 heteroatoms. The Kier molecular flexibility index (Phi) is 9.31. The van der Waals surface area contributed by atoms with Crippen LogP contribution in [0.5, 0.6) is 0 Å². The van der Waals surface area contributed by atoms with Crippen molar-refractivity contribution in [1.82, 2.24) is 34.9 Å². The molecule has 0 atom stereocenters. The number of aromatic nitrogens is 7. The van der Waals surface area contributed by atoms with E-state index in [9.17, 15) is 4.79 Å². The topological polar surface area (TPSA) is 131 Å². The normalized spacial score (nSPS) is 12.6. The first-order valence-corrected chi connectivity index (χ1v) is 21.9. The summed E-state index contributed by atoms with van der Waals surface area (Å²) in [6.07, 6.45) is 7.71. The number of aryl methyl sites for hydroxylation is 1. The molecule has 1 aliphatic rings. The van der Waals surface area contributed by atoms with Crippen molar-refractivity contribution in [3.05, 3.63) is 272 Å². The number of pyridine rings is 3. The molecule has 0 unspecified atom stereocenters. The third-order valence-corrected chi connectivity index (χ3v) is 12.3. The molecule has 9 nitrogen and oxygen atoms in total. The molecule has 4 aromatic carbocycles. The number of aromatic amines is 4. The van der Waals surface area contributed by atoms with Gasteiger partial charge in [-0.15, -0.1) is 0 Å². The largest absolute Gasteiger partial charge is 0.354 e. The Morgan fingerprint density at radius 2 is 0.879 bits per heavy atom. The third kappa shape index (κ3) is 7.01. The van der Waals surface area contributed by atoms with Gasteiger partial charge in [0.2, 0.25) is 0 Å². The molecular weight excluding hydrogens is 813 g/mol. The average molecular weight is 853 g/mol. The lowest BCUT2D eigenvalue weighted by atomic mass is 10.0. The van der Waals surface area contributed by atoms with Gasteiger partial charge in [-0.3, -0.25) is 19.7 Å². The molecule has 0 spiro atoms. The highest BCUT2D eigenvalue weighted by molar-refractivity contribution is 6.04. The molecule has 0 fully saturated rings. The Balaban J connectivity index is 1.14. The Morgan fingerprint density at radius 3 is 1.38 bits per heavy atom. The number of amides is 1. The predicted molar refractivity (Wildman–Crippen MR) is 261 cm³/mol. The van der Waals surface area contributed by atoms with Crippen molar-refractivity contribution in [2.24, 2.45) is 0 Å². The Hall–Kier alpha value is -9.08. The maximum Gasteiger partial charge on any atom is 0.255 e. The van der Waals surface area contributed by atoms with Crippen LogP contribution >= 0.6 is 0 Å². The van der Waals surface area contributed by atoms with Crippen molar-refractivity contribution in [3.8, 4) is 0 Å². The zero-order chi connectivity index (χ0) is 44.1. The molecule has 66 heavy (non-hydrogen) atoms. The van der Waals surface area contributed by atoms with E-state index in [2.05, 4.69) is 128 Å². The van der Waals surface area contributed by atoms with Gasteiger partial charge in [0.05, 0.1) is 11.0 Å². The van der Waals surface area contributed by atoms with Crippen molar-refractivity contribution >= 4 is 55.7 Å². The molecule has 11 aromatic rings. The third-order valence-electron chi connectivity index (χ3n) is 12.3. The minimum absolute atomic E-state index is 0.165. The molecule has 1 amide bonds. The standard InChI is InChI=1S/C57H40N8O/c1-34-27-39(31-58-30-34)54-47-23-25-51(64-47)55(40-28-37-11-5-7-13-43(37)59-32-40)49-21-19-45(62-49)53(35-15-17-42(18-16-35)61-57(66)36-9-3-2-4-10-36)46-20-22-50(63-46)56(52-26-24-48(54)65-52)41-29-38-12-6-8-14-44(38)60-33-41/h2-33,62-65H,1H3,(H,61,66). The summed E-state index contributed by atoms with van der Waals surface area (Å²) in [5, 5.41) is 8.82. The van der Waals surface area contributed by atoms with E-state index in [0.29, 0.717) is 11.3 Å². The Labute approximate surface area is 378 Å². The smallest absolute Gasteiger partial charge is 0.255 e. The first-order valence-electron chi connectivity index (χ1n) is 21.9. The maximum atomic E-state index is 13.2. The van der Waals surface area contributed by atoms with E-state index in [0.717, 1.165) is 116 Å². The van der Waals surface area contributed by atoms with Gasteiger partial charge >= 0.3 is 0 Å². The summed E-state index contributed by atoms with van der Waals surface area (Å²) in [4.78, 5) is 43.1. The number of anilines is 1. The van der Waals surface area contributed by atoms with Crippen molar-refractivity contribution in [1.29, 1.82) is 0 Å². The number of fused-ring (bicyclic) bond motifs is 10. The quantitative estimate of drug-likeness (QED) is 0.115. The van der Waals surface area contributed by atoms with Crippen LogP contribution in [0.1, 0.15) is 61.0 Å². The summed E-state index contributed by atoms with van der Waals surface area (Å²) in [6, 6.07) is 57.3. The van der Waals surface area contributed by atoms with Crippen LogP contribution in [0.15, 0.2) is 195 Å². The fourth-order valence-corrected chi connectivity index (χ4v) is 9.19. The van der Waals surface area contributed by atoms with Crippen LogP contribution in [0, 0.1) is 6.92 Å². The molecule has 314 valence electrons. The lowest BCUT2D eigenvalue weighted by molar-refractivity contribution is 0.102. The van der Waals surface area contributed by atoms with Crippen LogP contribution in [-0.4, -0.2) is 40.8 Å². The van der Waals surface area contributed by atoms with E-state index in [1.807, 2.05) is 104 Å². The summed E-state index contributed by atoms with van der Waals surface area (Å²) < 4.78 is 0. The second-order valence-electron chi connectivity index (χ2n) is 16.6. The fourth-order valence-electron chi connectivity index (χ4n) is 9.19. The molecular formula is C57H40N8O. The number of hydrogen-bond acceptors (Lipinski definition) is 4. The second-order valence-corrected chi connectivity index (χ2v) is 16.6. The number of rotatable bonds is 6. The SMILES string of the molecule is Cc1cncc(C2=c3ccc([nH]3)=C(c3cnc4ccccc4c3)c3ccc([nH]3)C(c3ccc(NC(=O)c4ccccc4)cc3)=c3ccc([nH]3)=C(c3cnc4ccccc4c3)c3ccc2[nH]3)c1. The summed E-state index contributed by atoms with van der Waals surface area (Å²) in [5.41, 5.74) is 15.6. The van der Waals surface area contributed by atoms with Crippen molar-refractivity contribution in [3.63, 3.8) is 0 Å². The fraction of sp³-hybridized carbons (Fsp3) is 0.0175. The van der Waals surface area contributed by atoms with Gasteiger partial charge in [0, 0.05) is 130 Å². The summed E-state index contributed by atoms with van der Waals surface area (Å²) >= 11 is 0. The van der Waals surface area contributed by atoms with E-state index in [-0.39, 0.29) is 5.91 Å². The van der Waals surface area contributed by atoms with Gasteiger partial charge in [0.15, 0.2) is 0 Å². The number of benzene rings is 4. The van der Waals surface area contributed by atoms with E-state index in [4.69, 9.17) is 9.97 Å². The first-order chi connectivity index (χ1) is 32.5. The lowest BCUT2D eigenvalue weighted by Crippen LogP contribution is -2.19. The van der Waals surface area contributed by atoms with Gasteiger partial charge in [-0.25, -0.2) is 0 Å². The van der Waals surface area contributed by atoms with Crippen molar-refractivity contribution in [2.75, 3.05) is 5.32 Å². The predicted octanol–water partition coefficient (Wildman–Crippen LogP) is 8.35. The Bertz CT molecular complexity index is 3940. The van der Waals surface area contributed by atoms with Gasteiger partial charge < -0.3 is 25.3 Å². The van der Waals surface area contributed by atoms with Crippen LogP contribution in [-0.2, 0) is 0 Å². The zero-order valence-electron chi connectivity index (χ0n) is 35.7. The zero-order valence-corrected chi connectivity index (χ0v) is 35.7. The van der Waals surface area contributed by atoms with Crippen LogP contribution < -0.4 is 26.7 Å². The summed E-state index contributed by atoms with van der Waals surface area (Å²) in [6.45, 7) is 2.07. The van der Waals surface area contributed by atoms with Gasteiger partial charge in [-0.1, -0.05) is 66.7 Å². The molecule has 8 bridgehead atoms. The van der Waals surface area contributed by atoms with Crippen LogP contribution in [0.3, 0.4) is 0 Å². The maximum absolute atomic E-state index is 13.2. The number of carbonyl (C=O) groups excluding carboxylic acids is 1. The number of carbonyl (C=O) groups is 1. The monoisotopic (exact) mass is 852 g/mol. The molecule has 7 aromatic heterocycles. The number of hydrogen-bond donors (Lipinski definition) is 5.